The van der Waals surface area contributed by atoms with Gasteiger partial charge in [0.15, 0.2) is 5.79 Å². The highest BCUT2D eigenvalue weighted by Gasteiger charge is 2.42. The molecule has 0 unspecified atom stereocenters. The molecule has 3 rings (SSSR count). The molecule has 1 aromatic heterocycles. The third-order valence-electron chi connectivity index (χ3n) is 4.81. The Hall–Kier alpha value is -2.69. The minimum Gasteiger partial charge on any atom is -0.494 e. The molecule has 1 fully saturated rings. The fourth-order valence-electron chi connectivity index (χ4n) is 3.31. The molecule has 2 heterocycles. The lowest BCUT2D eigenvalue weighted by molar-refractivity contribution is -0.199. The zero-order valence-corrected chi connectivity index (χ0v) is 16.8. The van der Waals surface area contributed by atoms with Crippen LogP contribution < -0.4 is 10.1 Å². The summed E-state index contributed by atoms with van der Waals surface area (Å²) >= 11 is 0. The van der Waals surface area contributed by atoms with Crippen LogP contribution in [-0.4, -0.2) is 47.8 Å². The molecule has 1 saturated heterocycles. The van der Waals surface area contributed by atoms with Crippen molar-refractivity contribution in [3.8, 4) is 5.75 Å². The van der Waals surface area contributed by atoms with Crippen LogP contribution in [0.3, 0.4) is 0 Å². The van der Waals surface area contributed by atoms with Crippen molar-refractivity contribution in [2.75, 3.05) is 19.0 Å². The third-order valence-corrected chi connectivity index (χ3v) is 4.81. The number of hydrogen-bond acceptors (Lipinski definition) is 6. The van der Waals surface area contributed by atoms with E-state index in [0.717, 1.165) is 5.56 Å². The lowest BCUT2D eigenvalue weighted by atomic mass is 10.0. The Labute approximate surface area is 177 Å². The molecule has 0 saturated carbocycles. The molecule has 2 aromatic rings. The SMILES string of the molecule is COc1ccnc(C[C@@]2(O)CC[C@@H](COCc3ccccc3)O2)c1NC(=O)C(F)(F)F. The Morgan fingerprint density at radius 3 is 2.74 bits per heavy atom. The molecule has 1 amide bonds. The number of benzene rings is 1. The number of halogens is 3. The van der Waals surface area contributed by atoms with Gasteiger partial charge in [0.25, 0.3) is 0 Å². The number of anilines is 1. The summed E-state index contributed by atoms with van der Waals surface area (Å²) in [6.07, 6.45) is -3.65. The van der Waals surface area contributed by atoms with Crippen LogP contribution in [0.5, 0.6) is 5.75 Å². The first-order chi connectivity index (χ1) is 14.7. The monoisotopic (exact) mass is 440 g/mol. The molecule has 2 atom stereocenters. The average Bonchev–Trinajstić information content (AvgIpc) is 3.10. The first kappa shape index (κ1) is 23.0. The van der Waals surface area contributed by atoms with Crippen molar-refractivity contribution in [1.82, 2.24) is 4.98 Å². The molecule has 168 valence electrons. The summed E-state index contributed by atoms with van der Waals surface area (Å²) in [7, 11) is 1.25. The fourth-order valence-corrected chi connectivity index (χ4v) is 3.31. The Kier molecular flexibility index (Phi) is 7.14. The zero-order valence-electron chi connectivity index (χ0n) is 16.8. The van der Waals surface area contributed by atoms with Crippen molar-refractivity contribution >= 4 is 11.6 Å². The van der Waals surface area contributed by atoms with Gasteiger partial charge in [0.2, 0.25) is 0 Å². The second kappa shape index (κ2) is 9.63. The Morgan fingerprint density at radius 1 is 1.32 bits per heavy atom. The van der Waals surface area contributed by atoms with Crippen molar-refractivity contribution in [2.24, 2.45) is 0 Å². The molecule has 0 radical (unpaired) electrons. The number of carbonyl (C=O) groups is 1. The molecule has 1 aromatic carbocycles. The number of methoxy groups -OCH3 is 1. The van der Waals surface area contributed by atoms with Crippen molar-refractivity contribution in [1.29, 1.82) is 0 Å². The number of nitrogens with zero attached hydrogens (tertiary/aromatic N) is 1. The summed E-state index contributed by atoms with van der Waals surface area (Å²) in [4.78, 5) is 15.5. The molecule has 0 bridgehead atoms. The Balaban J connectivity index is 1.64. The van der Waals surface area contributed by atoms with Crippen LogP contribution in [0.25, 0.3) is 0 Å². The minimum absolute atomic E-state index is 0.00746. The number of rotatable bonds is 8. The van der Waals surface area contributed by atoms with Crippen LogP contribution in [0, 0.1) is 0 Å². The molecule has 0 spiro atoms. The van der Waals surface area contributed by atoms with Gasteiger partial charge in [-0.25, -0.2) is 0 Å². The summed E-state index contributed by atoms with van der Waals surface area (Å²) in [6.45, 7) is 0.643. The van der Waals surface area contributed by atoms with Crippen LogP contribution in [0.4, 0.5) is 18.9 Å². The minimum atomic E-state index is -5.08. The first-order valence-electron chi connectivity index (χ1n) is 9.62. The van der Waals surface area contributed by atoms with E-state index in [-0.39, 0.29) is 42.7 Å². The van der Waals surface area contributed by atoms with E-state index in [9.17, 15) is 23.1 Å². The van der Waals surface area contributed by atoms with Gasteiger partial charge in [-0.15, -0.1) is 0 Å². The maximum atomic E-state index is 12.7. The highest BCUT2D eigenvalue weighted by Crippen LogP contribution is 2.36. The van der Waals surface area contributed by atoms with Crippen LogP contribution in [0.1, 0.15) is 24.1 Å². The van der Waals surface area contributed by atoms with E-state index in [1.165, 1.54) is 19.4 Å². The van der Waals surface area contributed by atoms with Crippen LogP contribution in [-0.2, 0) is 27.3 Å². The summed E-state index contributed by atoms with van der Waals surface area (Å²) in [6, 6.07) is 10.9. The standard InChI is InChI=1S/C21H23F3N2O5/c1-29-17-8-10-25-16(18(17)26-19(27)21(22,23)24)11-20(28)9-7-15(31-20)13-30-12-14-5-3-2-4-6-14/h2-6,8,10,15,28H,7,9,11-13H2,1H3,(H,26,27)/t15-,20+/m0/s1. The van der Waals surface area contributed by atoms with Gasteiger partial charge < -0.3 is 24.6 Å². The van der Waals surface area contributed by atoms with Crippen molar-refractivity contribution < 1.29 is 37.3 Å². The molecule has 31 heavy (non-hydrogen) atoms. The zero-order chi connectivity index (χ0) is 22.5. The van der Waals surface area contributed by atoms with E-state index in [0.29, 0.717) is 13.0 Å². The van der Waals surface area contributed by atoms with Crippen LogP contribution in [0.2, 0.25) is 0 Å². The second-order valence-electron chi connectivity index (χ2n) is 7.19. The molecule has 0 aliphatic carbocycles. The molecule has 2 N–H and O–H groups in total. The van der Waals surface area contributed by atoms with Gasteiger partial charge in [0, 0.05) is 25.1 Å². The maximum absolute atomic E-state index is 12.7. The highest BCUT2D eigenvalue weighted by molar-refractivity contribution is 5.96. The van der Waals surface area contributed by atoms with Gasteiger partial charge in [-0.3, -0.25) is 9.78 Å². The van der Waals surface area contributed by atoms with Crippen LogP contribution >= 0.6 is 0 Å². The third kappa shape index (κ3) is 6.16. The van der Waals surface area contributed by atoms with E-state index in [1.54, 1.807) is 5.32 Å². The Bertz CT molecular complexity index is 894. The van der Waals surface area contributed by atoms with E-state index in [1.807, 2.05) is 30.3 Å². The first-order valence-corrected chi connectivity index (χ1v) is 9.62. The van der Waals surface area contributed by atoms with Gasteiger partial charge in [0.05, 0.1) is 32.1 Å². The summed E-state index contributed by atoms with van der Waals surface area (Å²) < 4.78 is 54.5. The van der Waals surface area contributed by atoms with Gasteiger partial charge in [-0.1, -0.05) is 30.3 Å². The normalized spacial score (nSPS) is 21.1. The predicted molar refractivity (Wildman–Crippen MR) is 104 cm³/mol. The topological polar surface area (TPSA) is 89.9 Å². The fraction of sp³-hybridized carbons (Fsp3) is 0.429. The van der Waals surface area contributed by atoms with Gasteiger partial charge in [-0.2, -0.15) is 13.2 Å². The number of alkyl halides is 3. The van der Waals surface area contributed by atoms with Crippen LogP contribution in [0.15, 0.2) is 42.6 Å². The number of aromatic nitrogens is 1. The quantitative estimate of drug-likeness (QED) is 0.655. The molecular formula is C21H23F3N2O5. The smallest absolute Gasteiger partial charge is 0.471 e. The largest absolute Gasteiger partial charge is 0.494 e. The Morgan fingerprint density at radius 2 is 2.06 bits per heavy atom. The molecule has 1 aliphatic heterocycles. The van der Waals surface area contributed by atoms with E-state index >= 15 is 0 Å². The number of nitrogens with one attached hydrogen (secondary N) is 1. The molecular weight excluding hydrogens is 417 g/mol. The van der Waals surface area contributed by atoms with Crippen molar-refractivity contribution in [3.05, 3.63) is 53.9 Å². The molecule has 7 nitrogen and oxygen atoms in total. The van der Waals surface area contributed by atoms with Crippen molar-refractivity contribution in [3.63, 3.8) is 0 Å². The highest BCUT2D eigenvalue weighted by atomic mass is 19.4. The van der Waals surface area contributed by atoms with E-state index < -0.39 is 17.9 Å². The predicted octanol–water partition coefficient (Wildman–Crippen LogP) is 3.22. The number of hydrogen-bond donors (Lipinski definition) is 2. The molecule has 10 heteroatoms. The molecule has 1 aliphatic rings. The van der Waals surface area contributed by atoms with E-state index in [4.69, 9.17) is 14.2 Å². The van der Waals surface area contributed by atoms with Crippen molar-refractivity contribution in [2.45, 2.75) is 43.9 Å². The van der Waals surface area contributed by atoms with Gasteiger partial charge in [0.1, 0.15) is 11.4 Å². The lowest BCUT2D eigenvalue weighted by Gasteiger charge is -2.25. The number of aliphatic hydroxyl groups is 1. The number of pyridine rings is 1. The lowest BCUT2D eigenvalue weighted by Crippen LogP contribution is -2.34. The van der Waals surface area contributed by atoms with Gasteiger partial charge >= 0.3 is 12.1 Å². The van der Waals surface area contributed by atoms with Gasteiger partial charge in [-0.05, 0) is 12.0 Å². The maximum Gasteiger partial charge on any atom is 0.471 e. The summed E-state index contributed by atoms with van der Waals surface area (Å²) in [5, 5.41) is 12.6. The van der Waals surface area contributed by atoms with E-state index in [2.05, 4.69) is 4.98 Å². The summed E-state index contributed by atoms with van der Waals surface area (Å²) in [5.41, 5.74) is 0.764. The number of ether oxygens (including phenoxy) is 3. The number of amides is 1. The number of carbonyl (C=O) groups excluding carboxylic acids is 1. The second-order valence-corrected chi connectivity index (χ2v) is 7.19. The summed E-state index contributed by atoms with van der Waals surface area (Å²) in [5.74, 6) is -3.82. The average molecular weight is 440 g/mol.